The van der Waals surface area contributed by atoms with Crippen molar-refractivity contribution in [3.63, 3.8) is 0 Å². The Balaban J connectivity index is 2.63. The van der Waals surface area contributed by atoms with Crippen LogP contribution in [0.3, 0.4) is 0 Å². The second kappa shape index (κ2) is 7.09. The highest BCUT2D eigenvalue weighted by molar-refractivity contribution is 5.93. The van der Waals surface area contributed by atoms with E-state index in [1.807, 2.05) is 0 Å². The van der Waals surface area contributed by atoms with Crippen LogP contribution in [0, 0.1) is 0 Å². The zero-order valence-electron chi connectivity index (χ0n) is 10.6. The van der Waals surface area contributed by atoms with Crippen LogP contribution in [0.25, 0.3) is 0 Å². The Hall–Kier alpha value is -1.83. The molecule has 8 heteroatoms. The summed E-state index contributed by atoms with van der Waals surface area (Å²) in [7, 11) is 0. The fourth-order valence-electron chi connectivity index (χ4n) is 1.53. The van der Waals surface area contributed by atoms with Crippen molar-refractivity contribution in [2.75, 3.05) is 13.2 Å². The molecule has 0 spiro atoms. The molecular weight excluding hydrogens is 277 g/mol. The molecule has 1 aromatic rings. The summed E-state index contributed by atoms with van der Waals surface area (Å²) in [5.41, 5.74) is -2.63. The fraction of sp³-hybridized carbons (Fsp3) is 0.500. The second-order valence-electron chi connectivity index (χ2n) is 4.15. The number of hydrogen-bond acceptors (Lipinski definition) is 3. The molecular formula is C12H15F3N2O3. The van der Waals surface area contributed by atoms with E-state index in [1.165, 1.54) is 0 Å². The number of alkyl halides is 3. The van der Waals surface area contributed by atoms with E-state index in [4.69, 9.17) is 5.11 Å². The molecule has 0 fully saturated rings. The first kappa shape index (κ1) is 16.2. The van der Waals surface area contributed by atoms with Gasteiger partial charge in [-0.25, -0.2) is 0 Å². The maximum Gasteiger partial charge on any atom is 0.431 e. The van der Waals surface area contributed by atoms with Gasteiger partial charge < -0.3 is 15.4 Å². The molecule has 0 saturated heterocycles. The van der Waals surface area contributed by atoms with Crippen molar-refractivity contribution in [1.82, 2.24) is 10.3 Å². The van der Waals surface area contributed by atoms with E-state index in [-0.39, 0.29) is 12.2 Å². The molecule has 5 nitrogen and oxygen atoms in total. The van der Waals surface area contributed by atoms with Crippen molar-refractivity contribution in [1.29, 1.82) is 0 Å². The van der Waals surface area contributed by atoms with Crippen LogP contribution in [-0.4, -0.2) is 29.1 Å². The highest BCUT2D eigenvalue weighted by Crippen LogP contribution is 2.26. The third-order valence-electron chi connectivity index (χ3n) is 2.58. The number of amides is 1. The lowest BCUT2D eigenvalue weighted by Gasteiger charge is -2.08. The molecule has 0 saturated carbocycles. The van der Waals surface area contributed by atoms with Crippen molar-refractivity contribution in [2.24, 2.45) is 0 Å². The molecule has 0 aromatic carbocycles. The van der Waals surface area contributed by atoms with Crippen LogP contribution in [0.1, 0.15) is 35.3 Å². The van der Waals surface area contributed by atoms with Crippen LogP contribution in [0.2, 0.25) is 0 Å². The number of unbranched alkanes of at least 4 members (excludes halogenated alkanes) is 2. The molecule has 0 unspecified atom stereocenters. The minimum absolute atomic E-state index is 0.0620. The lowest BCUT2D eigenvalue weighted by Crippen LogP contribution is -2.31. The number of aliphatic hydroxyl groups excluding tert-OH is 1. The zero-order valence-corrected chi connectivity index (χ0v) is 10.6. The largest absolute Gasteiger partial charge is 0.431 e. The predicted octanol–water partition coefficient (Wildman–Crippen LogP) is 1.29. The maximum absolute atomic E-state index is 12.3. The minimum Gasteiger partial charge on any atom is -0.396 e. The van der Waals surface area contributed by atoms with E-state index in [9.17, 15) is 22.8 Å². The number of carbonyl (C=O) groups is 1. The average molecular weight is 292 g/mol. The van der Waals surface area contributed by atoms with E-state index in [0.29, 0.717) is 31.9 Å². The molecule has 112 valence electrons. The van der Waals surface area contributed by atoms with Crippen LogP contribution in [0.4, 0.5) is 13.2 Å². The van der Waals surface area contributed by atoms with Crippen molar-refractivity contribution in [3.8, 4) is 0 Å². The van der Waals surface area contributed by atoms with Crippen LogP contribution in [-0.2, 0) is 6.18 Å². The molecule has 1 rings (SSSR count). The SMILES string of the molecule is O=C(NCCCCCO)c1ccc(C(F)(F)F)[nH]c1=O. The van der Waals surface area contributed by atoms with Crippen LogP contribution < -0.4 is 10.9 Å². The number of halogens is 3. The number of nitrogens with one attached hydrogen (secondary N) is 2. The monoisotopic (exact) mass is 292 g/mol. The summed E-state index contributed by atoms with van der Waals surface area (Å²) < 4.78 is 37.0. The Morgan fingerprint density at radius 2 is 1.95 bits per heavy atom. The zero-order chi connectivity index (χ0) is 15.2. The van der Waals surface area contributed by atoms with Crippen LogP contribution >= 0.6 is 0 Å². The highest BCUT2D eigenvalue weighted by atomic mass is 19.4. The number of pyridine rings is 1. The van der Waals surface area contributed by atoms with E-state index in [1.54, 1.807) is 4.98 Å². The van der Waals surface area contributed by atoms with E-state index in [2.05, 4.69) is 5.32 Å². The summed E-state index contributed by atoms with van der Waals surface area (Å²) in [4.78, 5) is 24.6. The molecule has 0 aliphatic rings. The van der Waals surface area contributed by atoms with Gasteiger partial charge in [-0.05, 0) is 31.4 Å². The number of H-pyrrole nitrogens is 1. The standard InChI is InChI=1S/C12H15F3N2O3/c13-12(14,15)9-5-4-8(11(20)17-9)10(19)16-6-2-1-3-7-18/h4-5,18H,1-3,6-7H2,(H,16,19)(H,17,20). The van der Waals surface area contributed by atoms with Crippen LogP contribution in [0.5, 0.6) is 0 Å². The van der Waals surface area contributed by atoms with E-state index in [0.717, 1.165) is 6.07 Å². The number of aliphatic hydroxyl groups is 1. The molecule has 1 heterocycles. The van der Waals surface area contributed by atoms with Gasteiger partial charge in [0, 0.05) is 13.2 Å². The number of carbonyl (C=O) groups excluding carboxylic acids is 1. The van der Waals surface area contributed by atoms with Crippen LogP contribution in [0.15, 0.2) is 16.9 Å². The first-order chi connectivity index (χ1) is 9.36. The van der Waals surface area contributed by atoms with Gasteiger partial charge in [0.15, 0.2) is 0 Å². The smallest absolute Gasteiger partial charge is 0.396 e. The summed E-state index contributed by atoms with van der Waals surface area (Å²) in [5.74, 6) is -0.719. The third kappa shape index (κ3) is 4.69. The third-order valence-corrected chi connectivity index (χ3v) is 2.58. The lowest BCUT2D eigenvalue weighted by atomic mass is 10.2. The molecule has 0 aliphatic carbocycles. The van der Waals surface area contributed by atoms with Gasteiger partial charge in [0.1, 0.15) is 11.3 Å². The molecule has 1 amide bonds. The van der Waals surface area contributed by atoms with Crippen molar-refractivity contribution >= 4 is 5.91 Å². The van der Waals surface area contributed by atoms with Gasteiger partial charge in [-0.3, -0.25) is 9.59 Å². The molecule has 20 heavy (non-hydrogen) atoms. The summed E-state index contributed by atoms with van der Waals surface area (Å²) in [6.07, 6.45) is -2.72. The predicted molar refractivity (Wildman–Crippen MR) is 65.3 cm³/mol. The van der Waals surface area contributed by atoms with Gasteiger partial charge in [-0.15, -0.1) is 0 Å². The van der Waals surface area contributed by atoms with Gasteiger partial charge in [0.05, 0.1) is 0 Å². The Labute approximate surface area is 112 Å². The Bertz CT molecular complexity index is 511. The topological polar surface area (TPSA) is 82.2 Å². The summed E-state index contributed by atoms with van der Waals surface area (Å²) in [6.45, 7) is 0.353. The Morgan fingerprint density at radius 3 is 2.50 bits per heavy atom. The number of hydrogen-bond donors (Lipinski definition) is 3. The molecule has 0 radical (unpaired) electrons. The number of aromatic nitrogens is 1. The van der Waals surface area contributed by atoms with Gasteiger partial charge in [-0.1, -0.05) is 0 Å². The minimum atomic E-state index is -4.65. The summed E-state index contributed by atoms with van der Waals surface area (Å²) in [5, 5.41) is 11.0. The van der Waals surface area contributed by atoms with Gasteiger partial charge in [-0.2, -0.15) is 13.2 Å². The average Bonchev–Trinajstić information content (AvgIpc) is 2.37. The number of rotatable bonds is 6. The second-order valence-corrected chi connectivity index (χ2v) is 4.15. The van der Waals surface area contributed by atoms with E-state index < -0.39 is 23.3 Å². The normalized spacial score (nSPS) is 11.4. The maximum atomic E-state index is 12.3. The molecule has 0 bridgehead atoms. The molecule has 3 N–H and O–H groups in total. The Morgan fingerprint density at radius 1 is 1.25 bits per heavy atom. The first-order valence-electron chi connectivity index (χ1n) is 6.06. The quantitative estimate of drug-likeness (QED) is 0.691. The van der Waals surface area contributed by atoms with Gasteiger partial charge >= 0.3 is 6.18 Å². The molecule has 1 aromatic heterocycles. The van der Waals surface area contributed by atoms with Crippen molar-refractivity contribution in [2.45, 2.75) is 25.4 Å². The number of aromatic amines is 1. The molecule has 0 atom stereocenters. The molecule has 0 aliphatic heterocycles. The lowest BCUT2D eigenvalue weighted by molar-refractivity contribution is -0.141. The fourth-order valence-corrected chi connectivity index (χ4v) is 1.53. The highest BCUT2D eigenvalue weighted by Gasteiger charge is 2.32. The summed E-state index contributed by atoms with van der Waals surface area (Å²) >= 11 is 0. The van der Waals surface area contributed by atoms with E-state index >= 15 is 0 Å². The van der Waals surface area contributed by atoms with Gasteiger partial charge in [0.25, 0.3) is 11.5 Å². The Kier molecular flexibility index (Phi) is 5.75. The van der Waals surface area contributed by atoms with Gasteiger partial charge in [0.2, 0.25) is 0 Å². The first-order valence-corrected chi connectivity index (χ1v) is 6.06. The van der Waals surface area contributed by atoms with Crippen molar-refractivity contribution < 1.29 is 23.1 Å². The summed E-state index contributed by atoms with van der Waals surface area (Å²) in [6, 6.07) is 1.51. The van der Waals surface area contributed by atoms with Crippen molar-refractivity contribution in [3.05, 3.63) is 33.7 Å².